The van der Waals surface area contributed by atoms with E-state index in [9.17, 15) is 9.90 Å². The molecule has 2 N–H and O–H groups in total. The molecule has 5 heteroatoms. The van der Waals surface area contributed by atoms with Gasteiger partial charge < -0.3 is 15.2 Å². The molecule has 1 aliphatic rings. The van der Waals surface area contributed by atoms with Crippen LogP contribution in [-0.4, -0.2) is 35.3 Å². The molecule has 5 nitrogen and oxygen atoms in total. The molecule has 1 saturated carbocycles. The summed E-state index contributed by atoms with van der Waals surface area (Å²) >= 11 is 0. The predicted molar refractivity (Wildman–Crippen MR) is 80.8 cm³/mol. The molecule has 0 radical (unpaired) electrons. The van der Waals surface area contributed by atoms with Gasteiger partial charge in [-0.15, -0.1) is 0 Å². The molecule has 1 aliphatic carbocycles. The zero-order valence-electron chi connectivity index (χ0n) is 11.9. The van der Waals surface area contributed by atoms with E-state index in [1.54, 1.807) is 13.2 Å². The summed E-state index contributed by atoms with van der Waals surface area (Å²) in [6.07, 6.45) is 3.34. The number of anilines is 1. The SMILES string of the molecule is COC1CCCC1Nc1cc(C(=O)O)nc2ccccc12. The maximum atomic E-state index is 11.2. The first-order chi connectivity index (χ1) is 10.2. The number of pyridine rings is 1. The minimum atomic E-state index is -1.02. The highest BCUT2D eigenvalue weighted by Crippen LogP contribution is 2.29. The number of ether oxygens (including phenoxy) is 1. The molecule has 0 bridgehead atoms. The van der Waals surface area contributed by atoms with Crippen molar-refractivity contribution in [2.75, 3.05) is 12.4 Å². The molecule has 1 aromatic heterocycles. The van der Waals surface area contributed by atoms with E-state index in [4.69, 9.17) is 4.74 Å². The fourth-order valence-corrected chi connectivity index (χ4v) is 2.98. The first kappa shape index (κ1) is 13.8. The maximum absolute atomic E-state index is 11.2. The zero-order chi connectivity index (χ0) is 14.8. The number of benzene rings is 1. The largest absolute Gasteiger partial charge is 0.477 e. The van der Waals surface area contributed by atoms with Gasteiger partial charge in [0.1, 0.15) is 0 Å². The number of hydrogen-bond acceptors (Lipinski definition) is 4. The van der Waals surface area contributed by atoms with Crippen molar-refractivity contribution in [2.24, 2.45) is 0 Å². The van der Waals surface area contributed by atoms with Gasteiger partial charge in [0.15, 0.2) is 5.69 Å². The molecular weight excluding hydrogens is 268 g/mol. The Bertz CT molecular complexity index is 672. The fourth-order valence-electron chi connectivity index (χ4n) is 2.98. The molecule has 3 rings (SSSR count). The Hall–Kier alpha value is -2.14. The van der Waals surface area contributed by atoms with Gasteiger partial charge in [0.25, 0.3) is 0 Å². The standard InChI is InChI=1S/C16H18N2O3/c1-21-15-8-4-7-12(15)18-13-9-14(16(19)20)17-11-6-3-2-5-10(11)13/h2-3,5-6,9,12,15H,4,7-8H2,1H3,(H,17,18)(H,19,20). The van der Waals surface area contributed by atoms with Gasteiger partial charge in [0, 0.05) is 18.2 Å². The van der Waals surface area contributed by atoms with Gasteiger partial charge >= 0.3 is 5.97 Å². The van der Waals surface area contributed by atoms with Crippen molar-refractivity contribution >= 4 is 22.6 Å². The minimum Gasteiger partial charge on any atom is -0.477 e. The summed E-state index contributed by atoms with van der Waals surface area (Å²) in [6.45, 7) is 0. The highest BCUT2D eigenvalue weighted by Gasteiger charge is 2.27. The van der Waals surface area contributed by atoms with Crippen LogP contribution in [0.5, 0.6) is 0 Å². The van der Waals surface area contributed by atoms with E-state index in [1.165, 1.54) is 0 Å². The second-order valence-corrected chi connectivity index (χ2v) is 5.33. The third-order valence-corrected chi connectivity index (χ3v) is 4.03. The number of methoxy groups -OCH3 is 1. The first-order valence-corrected chi connectivity index (χ1v) is 7.11. The average molecular weight is 286 g/mol. The van der Waals surface area contributed by atoms with Crippen LogP contribution in [-0.2, 0) is 4.74 Å². The van der Waals surface area contributed by atoms with E-state index in [0.29, 0.717) is 5.52 Å². The van der Waals surface area contributed by atoms with Crippen LogP contribution in [0.3, 0.4) is 0 Å². The Morgan fingerprint density at radius 3 is 2.95 bits per heavy atom. The number of aromatic nitrogens is 1. The summed E-state index contributed by atoms with van der Waals surface area (Å²) < 4.78 is 5.49. The van der Waals surface area contributed by atoms with E-state index < -0.39 is 5.97 Å². The van der Waals surface area contributed by atoms with E-state index in [0.717, 1.165) is 30.3 Å². The highest BCUT2D eigenvalue weighted by molar-refractivity contribution is 5.97. The van der Waals surface area contributed by atoms with Crippen molar-refractivity contribution in [2.45, 2.75) is 31.4 Å². The lowest BCUT2D eigenvalue weighted by Crippen LogP contribution is -2.29. The number of carbonyl (C=O) groups is 1. The molecule has 2 atom stereocenters. The Morgan fingerprint density at radius 2 is 2.19 bits per heavy atom. The van der Waals surface area contributed by atoms with E-state index in [1.807, 2.05) is 24.3 Å². The van der Waals surface area contributed by atoms with Crippen molar-refractivity contribution in [3.63, 3.8) is 0 Å². The summed E-state index contributed by atoms with van der Waals surface area (Å²) in [5.41, 5.74) is 1.56. The third kappa shape index (κ3) is 2.69. The third-order valence-electron chi connectivity index (χ3n) is 4.03. The number of para-hydroxylation sites is 1. The average Bonchev–Trinajstić information content (AvgIpc) is 2.94. The van der Waals surface area contributed by atoms with Crippen molar-refractivity contribution < 1.29 is 14.6 Å². The Kier molecular flexibility index (Phi) is 3.75. The number of fused-ring (bicyclic) bond motifs is 1. The summed E-state index contributed by atoms with van der Waals surface area (Å²) in [4.78, 5) is 15.4. The Morgan fingerprint density at radius 1 is 1.38 bits per heavy atom. The second-order valence-electron chi connectivity index (χ2n) is 5.33. The van der Waals surface area contributed by atoms with Crippen LogP contribution in [0.25, 0.3) is 10.9 Å². The molecule has 0 spiro atoms. The molecule has 0 saturated heterocycles. The van der Waals surface area contributed by atoms with Crippen LogP contribution in [0.15, 0.2) is 30.3 Å². The van der Waals surface area contributed by atoms with E-state index in [-0.39, 0.29) is 17.8 Å². The van der Waals surface area contributed by atoms with Gasteiger partial charge in [-0.05, 0) is 31.4 Å². The van der Waals surface area contributed by atoms with Gasteiger partial charge in [-0.1, -0.05) is 18.2 Å². The number of hydrogen-bond donors (Lipinski definition) is 2. The summed E-state index contributed by atoms with van der Waals surface area (Å²) in [7, 11) is 1.72. The minimum absolute atomic E-state index is 0.0585. The van der Waals surface area contributed by atoms with Crippen LogP contribution in [0.2, 0.25) is 0 Å². The number of carboxylic acid groups (broad SMARTS) is 1. The monoisotopic (exact) mass is 286 g/mol. The molecule has 110 valence electrons. The molecule has 2 aromatic rings. The summed E-state index contributed by atoms with van der Waals surface area (Å²) in [5, 5.41) is 13.6. The molecular formula is C16H18N2O3. The Balaban J connectivity index is 2.01. The van der Waals surface area contributed by atoms with Crippen molar-refractivity contribution in [3.05, 3.63) is 36.0 Å². The van der Waals surface area contributed by atoms with Gasteiger partial charge in [0.05, 0.1) is 17.7 Å². The topological polar surface area (TPSA) is 71.5 Å². The molecule has 21 heavy (non-hydrogen) atoms. The molecule has 1 heterocycles. The lowest BCUT2D eigenvalue weighted by atomic mass is 10.1. The molecule has 2 unspecified atom stereocenters. The van der Waals surface area contributed by atoms with Crippen LogP contribution < -0.4 is 5.32 Å². The lowest BCUT2D eigenvalue weighted by molar-refractivity contribution is 0.0691. The summed E-state index contributed by atoms with van der Waals surface area (Å²) in [5.74, 6) is -1.02. The smallest absolute Gasteiger partial charge is 0.354 e. The van der Waals surface area contributed by atoms with Crippen molar-refractivity contribution in [1.82, 2.24) is 4.98 Å². The quantitative estimate of drug-likeness (QED) is 0.904. The van der Waals surface area contributed by atoms with Gasteiger partial charge in [-0.3, -0.25) is 0 Å². The van der Waals surface area contributed by atoms with Gasteiger partial charge in [-0.2, -0.15) is 0 Å². The first-order valence-electron chi connectivity index (χ1n) is 7.11. The maximum Gasteiger partial charge on any atom is 0.354 e. The van der Waals surface area contributed by atoms with Crippen molar-refractivity contribution in [1.29, 1.82) is 0 Å². The number of rotatable bonds is 4. The lowest BCUT2D eigenvalue weighted by Gasteiger charge is -2.22. The van der Waals surface area contributed by atoms with Gasteiger partial charge in [-0.25, -0.2) is 9.78 Å². The molecule has 1 aromatic carbocycles. The van der Waals surface area contributed by atoms with Gasteiger partial charge in [0.2, 0.25) is 0 Å². The Labute approximate surface area is 123 Å². The highest BCUT2D eigenvalue weighted by atomic mass is 16.5. The normalized spacial score (nSPS) is 21.6. The second kappa shape index (κ2) is 5.69. The van der Waals surface area contributed by atoms with Crippen molar-refractivity contribution in [3.8, 4) is 0 Å². The van der Waals surface area contributed by atoms with Crippen LogP contribution in [0.4, 0.5) is 5.69 Å². The summed E-state index contributed by atoms with van der Waals surface area (Å²) in [6, 6.07) is 9.39. The molecule has 0 aliphatic heterocycles. The molecule has 1 fully saturated rings. The van der Waals surface area contributed by atoms with Crippen LogP contribution in [0, 0.1) is 0 Å². The molecule has 0 amide bonds. The fraction of sp³-hybridized carbons (Fsp3) is 0.375. The number of nitrogens with one attached hydrogen (secondary N) is 1. The number of aromatic carboxylic acids is 1. The van der Waals surface area contributed by atoms with E-state index in [2.05, 4.69) is 10.3 Å². The number of carboxylic acids is 1. The number of nitrogens with zero attached hydrogens (tertiary/aromatic N) is 1. The zero-order valence-corrected chi connectivity index (χ0v) is 11.9. The predicted octanol–water partition coefficient (Wildman–Crippen LogP) is 2.91. The van der Waals surface area contributed by atoms with E-state index >= 15 is 0 Å². The van der Waals surface area contributed by atoms with Crippen LogP contribution in [0.1, 0.15) is 29.8 Å². The van der Waals surface area contributed by atoms with Crippen LogP contribution >= 0.6 is 0 Å².